The highest BCUT2D eigenvalue weighted by Crippen LogP contribution is 2.32. The minimum Gasteiger partial charge on any atom is -0.378 e. The number of hydrogen-bond acceptors (Lipinski definition) is 7. The lowest BCUT2D eigenvalue weighted by Crippen LogP contribution is -2.54. The highest BCUT2D eigenvalue weighted by atomic mass is 16.5. The van der Waals surface area contributed by atoms with E-state index in [0.29, 0.717) is 38.2 Å². The summed E-state index contributed by atoms with van der Waals surface area (Å²) in [6, 6.07) is 4.57. The molecule has 0 aromatic heterocycles. The molecule has 0 saturated carbocycles. The van der Waals surface area contributed by atoms with Gasteiger partial charge in [0.2, 0.25) is 17.7 Å². The van der Waals surface area contributed by atoms with Crippen LogP contribution in [-0.4, -0.2) is 103 Å². The Morgan fingerprint density at radius 1 is 0.927 bits per heavy atom. The van der Waals surface area contributed by atoms with E-state index < -0.39 is 24.2 Å². The average Bonchev–Trinajstić information content (AvgIpc) is 3.52. The molecule has 4 rings (SSSR count). The maximum absolute atomic E-state index is 13.8. The van der Waals surface area contributed by atoms with Gasteiger partial charge in [0.15, 0.2) is 5.78 Å². The second-order valence-corrected chi connectivity index (χ2v) is 12.0. The number of anilines is 1. The van der Waals surface area contributed by atoms with Crippen LogP contribution in [0.3, 0.4) is 0 Å². The van der Waals surface area contributed by atoms with E-state index in [1.807, 2.05) is 39.8 Å². The molecule has 11 nitrogen and oxygen atoms in total. The average molecular weight is 570 g/mol. The molecular formula is C30H43N5O6. The van der Waals surface area contributed by atoms with Crippen LogP contribution in [0.2, 0.25) is 0 Å². The van der Waals surface area contributed by atoms with E-state index in [0.717, 1.165) is 18.8 Å². The Labute approximate surface area is 241 Å². The second-order valence-electron chi connectivity index (χ2n) is 12.0. The first kappa shape index (κ1) is 30.5. The Morgan fingerprint density at radius 3 is 2.17 bits per heavy atom. The third kappa shape index (κ3) is 6.89. The lowest BCUT2D eigenvalue weighted by atomic mass is 10.0. The number of hydrogen-bond donors (Lipinski definition) is 2. The van der Waals surface area contributed by atoms with Crippen LogP contribution in [0.5, 0.6) is 0 Å². The summed E-state index contributed by atoms with van der Waals surface area (Å²) < 4.78 is 5.41. The van der Waals surface area contributed by atoms with E-state index in [1.54, 1.807) is 12.1 Å². The van der Waals surface area contributed by atoms with Crippen molar-refractivity contribution in [3.05, 3.63) is 29.8 Å². The number of ether oxygens (including phenoxy) is 1. The number of likely N-dealkylation sites (tertiary alicyclic amines) is 2. The van der Waals surface area contributed by atoms with Crippen molar-refractivity contribution in [1.82, 2.24) is 20.4 Å². The third-order valence-corrected chi connectivity index (χ3v) is 8.10. The van der Waals surface area contributed by atoms with Gasteiger partial charge in [0.25, 0.3) is 5.91 Å². The number of ketones is 1. The van der Waals surface area contributed by atoms with E-state index in [2.05, 4.69) is 15.5 Å². The number of rotatable bonds is 9. The molecule has 1 aromatic carbocycles. The molecular weight excluding hydrogens is 526 g/mol. The number of carbonyl (C=O) groups excluding carboxylic acids is 5. The number of fused-ring (bicyclic) bond motifs is 1. The first-order valence-corrected chi connectivity index (χ1v) is 14.6. The smallest absolute Gasteiger partial charge is 0.251 e. The molecule has 4 unspecified atom stereocenters. The summed E-state index contributed by atoms with van der Waals surface area (Å²) in [5.41, 5.74) is 1.47. The predicted molar refractivity (Wildman–Crippen MR) is 153 cm³/mol. The number of nitrogens with one attached hydrogen (secondary N) is 2. The van der Waals surface area contributed by atoms with Gasteiger partial charge in [-0.2, -0.15) is 0 Å². The van der Waals surface area contributed by atoms with E-state index in [1.165, 1.54) is 16.7 Å². The fraction of sp³-hybridized carbons (Fsp3) is 0.633. The van der Waals surface area contributed by atoms with Gasteiger partial charge in [-0.05, 0) is 48.9 Å². The molecule has 1 aromatic rings. The van der Waals surface area contributed by atoms with E-state index in [9.17, 15) is 24.0 Å². The van der Waals surface area contributed by atoms with Gasteiger partial charge >= 0.3 is 0 Å². The van der Waals surface area contributed by atoms with Crippen molar-refractivity contribution in [3.8, 4) is 0 Å². The molecule has 3 fully saturated rings. The summed E-state index contributed by atoms with van der Waals surface area (Å²) in [4.78, 5) is 70.6. The highest BCUT2D eigenvalue weighted by Gasteiger charge is 2.53. The van der Waals surface area contributed by atoms with Gasteiger partial charge in [-0.25, -0.2) is 0 Å². The van der Waals surface area contributed by atoms with E-state index in [4.69, 9.17) is 4.74 Å². The molecule has 0 aliphatic carbocycles. The standard InChI is InChI=1S/C30H43N5O6/c1-18(2)16-23(32-28(38)21-6-8-22(9-7-21)33-12-14-41-15-13-33)29(39)34-11-10-24-27(34)25(37)17-35(24)30(40)26(19(3)4)31-20(5)36/h6-9,18-19,23-24,26-27H,10-17H2,1-5H3,(H,31,36)(H,32,38). The molecule has 41 heavy (non-hydrogen) atoms. The molecule has 3 saturated heterocycles. The molecule has 11 heteroatoms. The second kappa shape index (κ2) is 13.0. The van der Waals surface area contributed by atoms with Crippen molar-refractivity contribution < 1.29 is 28.7 Å². The van der Waals surface area contributed by atoms with Crippen LogP contribution in [0.1, 0.15) is 57.8 Å². The first-order valence-electron chi connectivity index (χ1n) is 14.6. The van der Waals surface area contributed by atoms with Gasteiger partial charge in [0, 0.05) is 37.8 Å². The summed E-state index contributed by atoms with van der Waals surface area (Å²) in [6.07, 6.45) is 0.878. The van der Waals surface area contributed by atoms with Crippen LogP contribution in [0.25, 0.3) is 0 Å². The normalized spacial score (nSPS) is 22.1. The largest absolute Gasteiger partial charge is 0.378 e. The van der Waals surface area contributed by atoms with E-state index >= 15 is 0 Å². The maximum Gasteiger partial charge on any atom is 0.251 e. The summed E-state index contributed by atoms with van der Waals surface area (Å²) in [7, 11) is 0. The molecule has 3 aliphatic heterocycles. The van der Waals surface area contributed by atoms with Gasteiger partial charge in [0.05, 0.1) is 25.8 Å². The predicted octanol–water partition coefficient (Wildman–Crippen LogP) is 1.21. The van der Waals surface area contributed by atoms with E-state index in [-0.39, 0.29) is 47.8 Å². The molecule has 0 spiro atoms. The monoisotopic (exact) mass is 569 g/mol. The fourth-order valence-corrected chi connectivity index (χ4v) is 6.05. The molecule has 4 atom stereocenters. The summed E-state index contributed by atoms with van der Waals surface area (Å²) in [5, 5.41) is 5.63. The Bertz CT molecular complexity index is 1150. The van der Waals surface area contributed by atoms with Crippen molar-refractivity contribution in [2.24, 2.45) is 11.8 Å². The number of amides is 4. The highest BCUT2D eigenvalue weighted by molar-refractivity contribution is 6.01. The molecule has 3 aliphatic rings. The quantitative estimate of drug-likeness (QED) is 0.458. The molecule has 0 radical (unpaired) electrons. The lowest BCUT2D eigenvalue weighted by molar-refractivity contribution is -0.138. The molecule has 0 bridgehead atoms. The van der Waals surface area contributed by atoms with Crippen molar-refractivity contribution >= 4 is 35.1 Å². The zero-order valence-corrected chi connectivity index (χ0v) is 24.7. The number of Topliss-reactive ketones (excluding diaryl/α,β-unsaturated/α-hetero) is 1. The molecule has 4 amide bonds. The number of nitrogens with zero attached hydrogens (tertiary/aromatic N) is 3. The van der Waals surface area contributed by atoms with Crippen molar-refractivity contribution in [1.29, 1.82) is 0 Å². The minimum absolute atomic E-state index is 0.0998. The zero-order valence-electron chi connectivity index (χ0n) is 24.7. The van der Waals surface area contributed by atoms with Gasteiger partial charge in [-0.1, -0.05) is 27.7 Å². The Kier molecular flexibility index (Phi) is 9.68. The number of carbonyl (C=O) groups is 5. The van der Waals surface area contributed by atoms with Gasteiger partial charge < -0.3 is 30.1 Å². The Balaban J connectivity index is 1.46. The van der Waals surface area contributed by atoms with Gasteiger partial charge in [-0.15, -0.1) is 0 Å². The van der Waals surface area contributed by atoms with Crippen molar-refractivity contribution in [2.75, 3.05) is 44.3 Å². The summed E-state index contributed by atoms with van der Waals surface area (Å²) in [6.45, 7) is 12.1. The van der Waals surface area contributed by atoms with Crippen LogP contribution in [0, 0.1) is 11.8 Å². The Hall–Kier alpha value is -3.47. The van der Waals surface area contributed by atoms with Crippen molar-refractivity contribution in [3.63, 3.8) is 0 Å². The van der Waals surface area contributed by atoms with Crippen LogP contribution in [0.15, 0.2) is 24.3 Å². The Morgan fingerprint density at radius 2 is 1.59 bits per heavy atom. The SMILES string of the molecule is CC(=O)NC(C(=O)N1CC(=O)C2C1CCN2C(=O)C(CC(C)C)NC(=O)c1ccc(N2CCOCC2)cc1)C(C)C. The first-order chi connectivity index (χ1) is 19.5. The van der Waals surface area contributed by atoms with Crippen LogP contribution in [-0.2, 0) is 23.9 Å². The number of morpholine rings is 1. The fourth-order valence-electron chi connectivity index (χ4n) is 6.05. The van der Waals surface area contributed by atoms with Crippen LogP contribution < -0.4 is 15.5 Å². The topological polar surface area (TPSA) is 128 Å². The van der Waals surface area contributed by atoms with Crippen molar-refractivity contribution in [2.45, 2.75) is 71.6 Å². The van der Waals surface area contributed by atoms with Gasteiger partial charge in [0.1, 0.15) is 18.1 Å². The van der Waals surface area contributed by atoms with Crippen LogP contribution >= 0.6 is 0 Å². The summed E-state index contributed by atoms with van der Waals surface area (Å²) >= 11 is 0. The van der Waals surface area contributed by atoms with Gasteiger partial charge in [-0.3, -0.25) is 24.0 Å². The molecule has 2 N–H and O–H groups in total. The number of benzene rings is 1. The third-order valence-electron chi connectivity index (χ3n) is 8.10. The van der Waals surface area contributed by atoms with Crippen LogP contribution in [0.4, 0.5) is 5.69 Å². The lowest BCUT2D eigenvalue weighted by Gasteiger charge is -2.31. The molecule has 3 heterocycles. The zero-order chi connectivity index (χ0) is 29.8. The summed E-state index contributed by atoms with van der Waals surface area (Å²) in [5.74, 6) is -1.52. The minimum atomic E-state index is -0.805. The molecule has 224 valence electrons. The maximum atomic E-state index is 13.8.